The molecule has 1 aliphatic carbocycles. The average molecular weight is 270 g/mol. The molecule has 0 heterocycles. The molecule has 0 saturated heterocycles. The van der Waals surface area contributed by atoms with Crippen LogP contribution in [0.3, 0.4) is 0 Å². The summed E-state index contributed by atoms with van der Waals surface area (Å²) in [4.78, 5) is 10.5. The van der Waals surface area contributed by atoms with Crippen molar-refractivity contribution in [3.05, 3.63) is 63.7 Å². The fraction of sp³-hybridized carbons (Fsp3) is 0.200. The van der Waals surface area contributed by atoms with Gasteiger partial charge in [0.15, 0.2) is 0 Å². The van der Waals surface area contributed by atoms with Gasteiger partial charge in [-0.2, -0.15) is 0 Å². The highest BCUT2D eigenvalue weighted by atomic mass is 16.6. The lowest BCUT2D eigenvalue weighted by Gasteiger charge is -2.13. The van der Waals surface area contributed by atoms with Crippen LogP contribution in [0, 0.1) is 10.1 Å². The van der Waals surface area contributed by atoms with Crippen LogP contribution in [0.2, 0.25) is 0 Å². The third kappa shape index (κ3) is 2.30. The quantitative estimate of drug-likeness (QED) is 0.511. The number of nitro groups is 1. The van der Waals surface area contributed by atoms with Crippen molar-refractivity contribution in [2.75, 3.05) is 5.32 Å². The lowest BCUT2D eigenvalue weighted by atomic mass is 10.1. The fourth-order valence-electron chi connectivity index (χ4n) is 2.67. The highest BCUT2D eigenvalue weighted by Crippen LogP contribution is 2.31. The van der Waals surface area contributed by atoms with Gasteiger partial charge in [0, 0.05) is 6.04 Å². The molecule has 0 spiro atoms. The van der Waals surface area contributed by atoms with Gasteiger partial charge in [0.2, 0.25) is 0 Å². The SMILES string of the molecule is O=[N+]([O-])c1cc(O)ccc1NC1Cc2ccccc2C1. The molecule has 1 aliphatic rings. The number of anilines is 1. The molecule has 0 amide bonds. The maximum atomic E-state index is 11.0. The largest absolute Gasteiger partial charge is 0.508 e. The van der Waals surface area contributed by atoms with Gasteiger partial charge in [-0.1, -0.05) is 24.3 Å². The molecule has 0 atom stereocenters. The molecule has 0 aliphatic heterocycles. The Bertz CT molecular complexity index is 645. The number of aromatic hydroxyl groups is 1. The highest BCUT2D eigenvalue weighted by Gasteiger charge is 2.23. The molecular weight excluding hydrogens is 256 g/mol. The zero-order valence-electron chi connectivity index (χ0n) is 10.7. The average Bonchev–Trinajstić information content (AvgIpc) is 2.82. The lowest BCUT2D eigenvalue weighted by molar-refractivity contribution is -0.384. The van der Waals surface area contributed by atoms with E-state index in [2.05, 4.69) is 17.4 Å². The van der Waals surface area contributed by atoms with Gasteiger partial charge in [-0.25, -0.2) is 0 Å². The second-order valence-corrected chi connectivity index (χ2v) is 4.98. The van der Waals surface area contributed by atoms with Crippen LogP contribution in [0.25, 0.3) is 0 Å². The molecule has 2 aromatic carbocycles. The van der Waals surface area contributed by atoms with Crippen LogP contribution in [0.1, 0.15) is 11.1 Å². The van der Waals surface area contributed by atoms with E-state index in [1.54, 1.807) is 6.07 Å². The minimum absolute atomic E-state index is 0.0963. The zero-order chi connectivity index (χ0) is 14.1. The van der Waals surface area contributed by atoms with E-state index >= 15 is 0 Å². The summed E-state index contributed by atoms with van der Waals surface area (Å²) in [5.41, 5.74) is 2.92. The van der Waals surface area contributed by atoms with E-state index in [-0.39, 0.29) is 17.5 Å². The standard InChI is InChI=1S/C15H14N2O3/c18-13-5-6-14(15(9-13)17(19)20)16-12-7-10-3-1-2-4-11(10)8-12/h1-6,9,12,16,18H,7-8H2. The minimum atomic E-state index is -0.482. The van der Waals surface area contributed by atoms with E-state index in [0.717, 1.165) is 12.8 Å². The van der Waals surface area contributed by atoms with E-state index in [0.29, 0.717) is 5.69 Å². The number of nitrogens with one attached hydrogen (secondary N) is 1. The van der Waals surface area contributed by atoms with Crippen molar-refractivity contribution in [3.63, 3.8) is 0 Å². The Morgan fingerprint density at radius 2 is 1.80 bits per heavy atom. The summed E-state index contributed by atoms with van der Waals surface area (Å²) in [6, 6.07) is 12.5. The van der Waals surface area contributed by atoms with Crippen molar-refractivity contribution in [2.24, 2.45) is 0 Å². The first-order valence-electron chi connectivity index (χ1n) is 6.44. The van der Waals surface area contributed by atoms with Gasteiger partial charge >= 0.3 is 0 Å². The van der Waals surface area contributed by atoms with Gasteiger partial charge < -0.3 is 10.4 Å². The Labute approximate surface area is 116 Å². The molecule has 3 rings (SSSR count). The molecule has 2 N–H and O–H groups in total. The summed E-state index contributed by atoms with van der Waals surface area (Å²) in [5, 5.41) is 23.6. The Morgan fingerprint density at radius 3 is 2.40 bits per heavy atom. The Balaban J connectivity index is 1.82. The molecule has 0 fully saturated rings. The minimum Gasteiger partial charge on any atom is -0.508 e. The number of benzene rings is 2. The van der Waals surface area contributed by atoms with Crippen LogP contribution in [0.5, 0.6) is 5.75 Å². The first kappa shape index (κ1) is 12.5. The van der Waals surface area contributed by atoms with E-state index in [9.17, 15) is 15.2 Å². The van der Waals surface area contributed by atoms with Crippen LogP contribution in [0.15, 0.2) is 42.5 Å². The second kappa shape index (κ2) is 4.85. The zero-order valence-corrected chi connectivity index (χ0v) is 10.7. The van der Waals surface area contributed by atoms with Crippen LogP contribution in [0.4, 0.5) is 11.4 Å². The fourth-order valence-corrected chi connectivity index (χ4v) is 2.67. The summed E-state index contributed by atoms with van der Waals surface area (Å²) in [7, 11) is 0. The smallest absolute Gasteiger partial charge is 0.296 e. The number of hydrogen-bond acceptors (Lipinski definition) is 4. The van der Waals surface area contributed by atoms with Gasteiger partial charge in [0.25, 0.3) is 5.69 Å². The summed E-state index contributed by atoms with van der Waals surface area (Å²) in [6.07, 6.45) is 1.71. The van der Waals surface area contributed by atoms with E-state index in [4.69, 9.17) is 0 Å². The molecule has 102 valence electrons. The molecule has 20 heavy (non-hydrogen) atoms. The second-order valence-electron chi connectivity index (χ2n) is 4.98. The normalized spacial score (nSPS) is 14.0. The number of hydrogen-bond donors (Lipinski definition) is 2. The first-order chi connectivity index (χ1) is 9.63. The van der Waals surface area contributed by atoms with Crippen molar-refractivity contribution in [1.82, 2.24) is 0 Å². The van der Waals surface area contributed by atoms with Crippen LogP contribution < -0.4 is 5.32 Å². The Hall–Kier alpha value is -2.56. The maximum Gasteiger partial charge on any atom is 0.296 e. The van der Waals surface area contributed by atoms with Crippen molar-refractivity contribution >= 4 is 11.4 Å². The molecule has 2 aromatic rings. The van der Waals surface area contributed by atoms with Crippen LogP contribution >= 0.6 is 0 Å². The summed E-state index contributed by atoms with van der Waals surface area (Å²) in [6.45, 7) is 0. The molecule has 0 saturated carbocycles. The van der Waals surface area contributed by atoms with Crippen molar-refractivity contribution < 1.29 is 10.0 Å². The molecule has 0 radical (unpaired) electrons. The first-order valence-corrected chi connectivity index (χ1v) is 6.44. The number of phenolic OH excluding ortho intramolecular Hbond substituents is 1. The van der Waals surface area contributed by atoms with E-state index < -0.39 is 4.92 Å². The van der Waals surface area contributed by atoms with Gasteiger partial charge in [0.05, 0.1) is 11.0 Å². The van der Waals surface area contributed by atoms with Gasteiger partial charge in [0.1, 0.15) is 11.4 Å². The molecule has 0 unspecified atom stereocenters. The monoisotopic (exact) mass is 270 g/mol. The Morgan fingerprint density at radius 1 is 1.15 bits per heavy atom. The molecule has 0 aromatic heterocycles. The predicted molar refractivity (Wildman–Crippen MR) is 76.0 cm³/mol. The number of rotatable bonds is 3. The summed E-state index contributed by atoms with van der Waals surface area (Å²) in [5.74, 6) is -0.100. The number of fused-ring (bicyclic) bond motifs is 1. The third-order valence-electron chi connectivity index (χ3n) is 3.59. The topological polar surface area (TPSA) is 75.4 Å². The van der Waals surface area contributed by atoms with E-state index in [1.807, 2.05) is 12.1 Å². The molecule has 5 heteroatoms. The molecule has 0 bridgehead atoms. The van der Waals surface area contributed by atoms with Gasteiger partial charge in [-0.05, 0) is 36.1 Å². The number of nitrogens with zero attached hydrogens (tertiary/aromatic N) is 1. The summed E-state index contributed by atoms with van der Waals surface area (Å²) < 4.78 is 0. The molecule has 5 nitrogen and oxygen atoms in total. The van der Waals surface area contributed by atoms with Crippen LogP contribution in [-0.4, -0.2) is 16.1 Å². The maximum absolute atomic E-state index is 11.0. The summed E-state index contributed by atoms with van der Waals surface area (Å²) >= 11 is 0. The van der Waals surface area contributed by atoms with Gasteiger partial charge in [-0.3, -0.25) is 10.1 Å². The van der Waals surface area contributed by atoms with Crippen molar-refractivity contribution in [1.29, 1.82) is 0 Å². The van der Waals surface area contributed by atoms with Gasteiger partial charge in [-0.15, -0.1) is 0 Å². The van der Waals surface area contributed by atoms with Crippen molar-refractivity contribution in [2.45, 2.75) is 18.9 Å². The number of phenols is 1. The molecular formula is C15H14N2O3. The Kier molecular flexibility index (Phi) is 3.02. The number of nitro benzene ring substituents is 1. The predicted octanol–water partition coefficient (Wildman–Crippen LogP) is 2.88. The van der Waals surface area contributed by atoms with Crippen LogP contribution in [-0.2, 0) is 12.8 Å². The van der Waals surface area contributed by atoms with E-state index in [1.165, 1.54) is 23.3 Å². The van der Waals surface area contributed by atoms with Crippen molar-refractivity contribution in [3.8, 4) is 5.75 Å². The highest BCUT2D eigenvalue weighted by molar-refractivity contribution is 5.64. The third-order valence-corrected chi connectivity index (χ3v) is 3.59. The lowest BCUT2D eigenvalue weighted by Crippen LogP contribution is -2.20.